The van der Waals surface area contributed by atoms with Crippen LogP contribution in [0, 0.1) is 0 Å². The smallest absolute Gasteiger partial charge is 0.0723 e. The summed E-state index contributed by atoms with van der Waals surface area (Å²) in [6.45, 7) is 0. The molecule has 19 aliphatic rings. The SMILES string of the molecule is C1=N[C@@H]2CCCC[C@H]2N=Cc2ccc(cc2)-c2ccc(cc2)-c2ccc(cc2)-c2ccc(cc2)C=N[C@@H]2CCCC[C@H]2N=Cc2ccc(cc2)-c2ccc(cc2)-c2ccc(cc2)-c2ccc(cc2)C=N[C@@H]2CCCC[C@H]2N=Cc2ccc(cc2)-c2ccc(cc2)-c2ccc(cc2)-c2ccc1cc2. The van der Waals surface area contributed by atoms with Gasteiger partial charge >= 0.3 is 0 Å². The summed E-state index contributed by atoms with van der Waals surface area (Å²) >= 11 is 0. The van der Waals surface area contributed by atoms with Crippen molar-refractivity contribution in [1.82, 2.24) is 0 Å². The van der Waals surface area contributed by atoms with Gasteiger partial charge < -0.3 is 0 Å². The van der Waals surface area contributed by atoms with Gasteiger partial charge in [0.2, 0.25) is 0 Å². The van der Waals surface area contributed by atoms with Crippen LogP contribution in [0.15, 0.2) is 321 Å². The zero-order valence-corrected chi connectivity index (χ0v) is 57.8. The van der Waals surface area contributed by atoms with Crippen molar-refractivity contribution in [2.45, 2.75) is 113 Å². The average molecular weight is 1320 g/mol. The molecule has 24 bridgehead atoms. The van der Waals surface area contributed by atoms with Crippen LogP contribution in [0.25, 0.3) is 100 Å². The lowest BCUT2D eigenvalue weighted by Crippen LogP contribution is -2.27. The summed E-state index contributed by atoms with van der Waals surface area (Å²) in [4.78, 5) is 30.9. The van der Waals surface area contributed by atoms with E-state index in [0.29, 0.717) is 0 Å². The molecule has 12 aromatic rings. The molecule has 6 atom stereocenters. The first-order valence-corrected chi connectivity index (χ1v) is 36.9. The van der Waals surface area contributed by atoms with Crippen molar-refractivity contribution >= 4 is 37.3 Å². The Labute approximate surface area is 601 Å². The Hall–Kier alpha value is -11.3. The quantitative estimate of drug-likeness (QED) is 0.145. The van der Waals surface area contributed by atoms with Crippen molar-refractivity contribution in [3.05, 3.63) is 325 Å². The van der Waals surface area contributed by atoms with E-state index in [1.54, 1.807) is 0 Å². The monoisotopic (exact) mass is 1320 g/mol. The highest BCUT2D eigenvalue weighted by Gasteiger charge is 2.26. The fraction of sp³-hybridized carbons (Fsp3) is 0.188. The van der Waals surface area contributed by atoms with Crippen LogP contribution in [0.1, 0.15) is 110 Å². The van der Waals surface area contributed by atoms with Gasteiger partial charge in [0.05, 0.1) is 36.3 Å². The molecule has 12 aromatic carbocycles. The maximum Gasteiger partial charge on any atom is 0.0723 e. The molecule has 3 fully saturated rings. The van der Waals surface area contributed by atoms with Gasteiger partial charge in [0.15, 0.2) is 0 Å². The number of hydrogen-bond donors (Lipinski definition) is 0. The van der Waals surface area contributed by atoms with Gasteiger partial charge in [-0.15, -0.1) is 0 Å². The molecular formula is C96H84N6. The van der Waals surface area contributed by atoms with E-state index in [9.17, 15) is 0 Å². The van der Waals surface area contributed by atoms with Gasteiger partial charge in [-0.25, -0.2) is 0 Å². The minimum atomic E-state index is 0.167. The molecule has 0 amide bonds. The molecule has 0 N–H and O–H groups in total. The number of fused-ring (bicyclic) bond motifs is 6. The lowest BCUT2D eigenvalue weighted by Gasteiger charge is -2.25. The van der Waals surface area contributed by atoms with E-state index in [2.05, 4.69) is 328 Å². The summed E-state index contributed by atoms with van der Waals surface area (Å²) < 4.78 is 0. The van der Waals surface area contributed by atoms with E-state index in [4.69, 9.17) is 30.0 Å². The molecule has 0 radical (unpaired) electrons. The summed E-state index contributed by atoms with van der Waals surface area (Å²) in [6, 6.07) is 107. The Morgan fingerprint density at radius 1 is 0.127 bits per heavy atom. The third-order valence-electron chi connectivity index (χ3n) is 21.3. The molecule has 0 spiro atoms. The second-order valence-electron chi connectivity index (χ2n) is 28.1. The van der Waals surface area contributed by atoms with E-state index < -0.39 is 0 Å². The van der Waals surface area contributed by atoms with Crippen molar-refractivity contribution < 1.29 is 0 Å². The molecule has 102 heavy (non-hydrogen) atoms. The zero-order chi connectivity index (χ0) is 68.2. The van der Waals surface area contributed by atoms with E-state index in [0.717, 1.165) is 71.9 Å². The molecule has 0 saturated heterocycles. The minimum Gasteiger partial charge on any atom is -0.287 e. The molecule has 0 aromatic heterocycles. The first kappa shape index (κ1) is 65.3. The second kappa shape index (κ2) is 31.0. The van der Waals surface area contributed by atoms with E-state index in [1.807, 2.05) is 0 Å². The van der Waals surface area contributed by atoms with Gasteiger partial charge in [0.25, 0.3) is 0 Å². The summed E-state index contributed by atoms with van der Waals surface area (Å²) in [5.74, 6) is 0. The molecule has 3 aliphatic carbocycles. The fourth-order valence-corrected chi connectivity index (χ4v) is 15.1. The average Bonchev–Trinajstić information content (AvgIpc) is 0.857. The lowest BCUT2D eigenvalue weighted by atomic mass is 9.91. The highest BCUT2D eigenvalue weighted by atomic mass is 14.9. The van der Waals surface area contributed by atoms with Gasteiger partial charge in [-0.1, -0.05) is 330 Å². The molecular weight excluding hydrogens is 1240 g/mol. The molecule has 16 heterocycles. The van der Waals surface area contributed by atoms with Crippen molar-refractivity contribution in [1.29, 1.82) is 0 Å². The predicted molar refractivity (Wildman–Crippen MR) is 432 cm³/mol. The number of aliphatic imine (C=N–C) groups is 6. The van der Waals surface area contributed by atoms with Gasteiger partial charge in [-0.2, -0.15) is 0 Å². The van der Waals surface area contributed by atoms with Crippen molar-refractivity contribution in [3.8, 4) is 100 Å². The molecule has 6 heteroatoms. The van der Waals surface area contributed by atoms with Crippen LogP contribution in [0.4, 0.5) is 0 Å². The fourth-order valence-electron chi connectivity index (χ4n) is 15.1. The van der Waals surface area contributed by atoms with Gasteiger partial charge in [-0.05, 0) is 172 Å². The zero-order valence-electron chi connectivity index (χ0n) is 57.8. The number of rotatable bonds is 0. The number of nitrogens with zero attached hydrogens (tertiary/aromatic N) is 6. The third-order valence-corrected chi connectivity index (χ3v) is 21.3. The Balaban J connectivity index is 0.604. The Kier molecular flexibility index (Phi) is 19.9. The summed E-state index contributed by atoms with van der Waals surface area (Å²) in [5, 5.41) is 0. The van der Waals surface area contributed by atoms with Crippen LogP contribution in [0.3, 0.4) is 0 Å². The first-order chi connectivity index (χ1) is 50.4. The summed E-state index contributed by atoms with van der Waals surface area (Å²) in [6.07, 6.45) is 25.7. The third kappa shape index (κ3) is 15.8. The molecule has 498 valence electrons. The molecule has 3 saturated carbocycles. The topological polar surface area (TPSA) is 74.2 Å². The van der Waals surface area contributed by atoms with Crippen LogP contribution in [-0.2, 0) is 0 Å². The largest absolute Gasteiger partial charge is 0.287 e. The summed E-state index contributed by atoms with van der Waals surface area (Å²) in [5.41, 5.74) is 28.1. The molecule has 0 unspecified atom stereocenters. The van der Waals surface area contributed by atoms with Crippen molar-refractivity contribution in [2.75, 3.05) is 0 Å². The number of benzene rings is 12. The maximum absolute atomic E-state index is 5.16. The molecule has 6 nitrogen and oxygen atoms in total. The molecule has 31 rings (SSSR count). The number of hydrogen-bond acceptors (Lipinski definition) is 6. The maximum atomic E-state index is 5.16. The van der Waals surface area contributed by atoms with Crippen LogP contribution >= 0.6 is 0 Å². The van der Waals surface area contributed by atoms with E-state index in [-0.39, 0.29) is 36.3 Å². The van der Waals surface area contributed by atoms with E-state index >= 15 is 0 Å². The van der Waals surface area contributed by atoms with Crippen molar-refractivity contribution in [2.24, 2.45) is 30.0 Å². The Bertz CT molecular complexity index is 4120. The first-order valence-electron chi connectivity index (χ1n) is 36.9. The minimum absolute atomic E-state index is 0.167. The summed E-state index contributed by atoms with van der Waals surface area (Å²) in [7, 11) is 0. The van der Waals surface area contributed by atoms with Crippen LogP contribution in [0.2, 0.25) is 0 Å². The lowest BCUT2D eigenvalue weighted by molar-refractivity contribution is 0.390. The van der Waals surface area contributed by atoms with Crippen LogP contribution in [-0.4, -0.2) is 73.5 Å². The van der Waals surface area contributed by atoms with Crippen LogP contribution < -0.4 is 0 Å². The Morgan fingerprint density at radius 3 is 0.314 bits per heavy atom. The van der Waals surface area contributed by atoms with Gasteiger partial charge in [0.1, 0.15) is 0 Å². The van der Waals surface area contributed by atoms with Gasteiger partial charge in [0, 0.05) is 37.3 Å². The van der Waals surface area contributed by atoms with Gasteiger partial charge in [-0.3, -0.25) is 30.0 Å². The standard InChI is InChI=1S/C96H84N6/c1-2-8-92-91(7-1)97-61-67-13-25-73(26-14-67)79-37-49-85(50-38-79)87-53-41-81(42-54-87)75-29-17-69(18-30-75)63-99-93-9-3-4-10-94(93)101-65-71-21-33-77(34-22-71)83-45-57-89(58-46-83)90-59-47-84(48-60-90)78-35-23-72(24-36-78)66-102-96-12-6-5-11-95(96)100-64-70-19-31-76(32-20-70)82-43-55-88(56-44-82)86-51-39-80(40-52-86)74-27-15-68(16-28-74)62-98-92/h13-66,91-96H,1-12H2/t91-,92-,93-,94-,95-,96-/m1/s1. The highest BCUT2D eigenvalue weighted by molar-refractivity contribution is 5.87. The van der Waals surface area contributed by atoms with E-state index in [1.165, 1.54) is 139 Å². The predicted octanol–water partition coefficient (Wildman–Crippen LogP) is 23.6. The van der Waals surface area contributed by atoms with Crippen LogP contribution in [0.5, 0.6) is 0 Å². The van der Waals surface area contributed by atoms with Crippen molar-refractivity contribution in [3.63, 3.8) is 0 Å². The normalized spacial score (nSPS) is 19.1. The highest BCUT2D eigenvalue weighted by Crippen LogP contribution is 2.35. The Morgan fingerprint density at radius 2 is 0.216 bits per heavy atom. The molecule has 16 aliphatic heterocycles. The second-order valence-corrected chi connectivity index (χ2v) is 28.1.